The highest BCUT2D eigenvalue weighted by Gasteiger charge is 2.38. The van der Waals surface area contributed by atoms with Crippen molar-refractivity contribution in [3.63, 3.8) is 0 Å². The minimum Gasteiger partial charge on any atom is -0.481 e. The Morgan fingerprint density at radius 1 is 1.32 bits per heavy atom. The number of hydrogen-bond donors (Lipinski definition) is 2. The van der Waals surface area contributed by atoms with Crippen LogP contribution >= 0.6 is 0 Å². The van der Waals surface area contributed by atoms with Gasteiger partial charge in [-0.1, -0.05) is 30.3 Å². The Hall–Kier alpha value is -1.35. The predicted molar refractivity (Wildman–Crippen MR) is 76.1 cm³/mol. The molecule has 1 aromatic rings. The van der Waals surface area contributed by atoms with Crippen molar-refractivity contribution >= 4 is 5.97 Å². The lowest BCUT2D eigenvalue weighted by molar-refractivity contribution is -0.146. The standard InChI is InChI=1S/C16H23NO2/c1-16(2,11-10-12-6-4-3-5-7-12)17-14-9-8-13(14)15(18)19/h3-7,13-14,17H,8-11H2,1-2H3,(H,18,19). The molecular formula is C16H23NO2. The van der Waals surface area contributed by atoms with Crippen molar-refractivity contribution in [3.05, 3.63) is 35.9 Å². The van der Waals surface area contributed by atoms with Gasteiger partial charge < -0.3 is 10.4 Å². The molecule has 1 fully saturated rings. The van der Waals surface area contributed by atoms with Crippen LogP contribution in [0.15, 0.2) is 30.3 Å². The van der Waals surface area contributed by atoms with E-state index in [1.807, 2.05) is 6.07 Å². The van der Waals surface area contributed by atoms with Gasteiger partial charge in [0.15, 0.2) is 0 Å². The summed E-state index contributed by atoms with van der Waals surface area (Å²) in [6.07, 6.45) is 3.82. The van der Waals surface area contributed by atoms with E-state index in [-0.39, 0.29) is 17.5 Å². The molecule has 0 bridgehead atoms. The zero-order chi connectivity index (χ0) is 13.9. The normalized spacial score (nSPS) is 22.8. The Morgan fingerprint density at radius 2 is 2.00 bits per heavy atom. The van der Waals surface area contributed by atoms with E-state index in [1.54, 1.807) is 0 Å². The molecule has 1 aromatic carbocycles. The van der Waals surface area contributed by atoms with Gasteiger partial charge in [0.25, 0.3) is 0 Å². The molecule has 19 heavy (non-hydrogen) atoms. The number of rotatable bonds is 6. The van der Waals surface area contributed by atoms with E-state index in [0.717, 1.165) is 25.7 Å². The van der Waals surface area contributed by atoms with Gasteiger partial charge in [0, 0.05) is 11.6 Å². The van der Waals surface area contributed by atoms with E-state index < -0.39 is 5.97 Å². The second kappa shape index (κ2) is 5.74. The zero-order valence-corrected chi connectivity index (χ0v) is 11.7. The molecule has 0 spiro atoms. The SMILES string of the molecule is CC(C)(CCc1ccccc1)NC1CCC1C(=O)O. The van der Waals surface area contributed by atoms with Crippen molar-refractivity contribution in [2.24, 2.45) is 5.92 Å². The van der Waals surface area contributed by atoms with Crippen molar-refractivity contribution in [3.8, 4) is 0 Å². The summed E-state index contributed by atoms with van der Waals surface area (Å²) in [6.45, 7) is 4.32. The Bertz CT molecular complexity index is 428. The van der Waals surface area contributed by atoms with Crippen molar-refractivity contribution in [2.75, 3.05) is 0 Å². The van der Waals surface area contributed by atoms with Crippen LogP contribution in [0.3, 0.4) is 0 Å². The highest BCUT2D eigenvalue weighted by atomic mass is 16.4. The average Bonchev–Trinajstić information content (AvgIpc) is 2.33. The van der Waals surface area contributed by atoms with E-state index in [9.17, 15) is 4.79 Å². The van der Waals surface area contributed by atoms with E-state index in [4.69, 9.17) is 5.11 Å². The minimum atomic E-state index is -0.664. The smallest absolute Gasteiger partial charge is 0.308 e. The molecule has 0 aromatic heterocycles. The maximum absolute atomic E-state index is 11.0. The fourth-order valence-corrected chi connectivity index (χ4v) is 2.64. The third kappa shape index (κ3) is 3.80. The molecule has 0 aliphatic heterocycles. The molecule has 3 heteroatoms. The first-order chi connectivity index (χ1) is 8.98. The highest BCUT2D eigenvalue weighted by Crippen LogP contribution is 2.30. The van der Waals surface area contributed by atoms with Gasteiger partial charge in [0.1, 0.15) is 0 Å². The molecule has 104 valence electrons. The van der Waals surface area contributed by atoms with Crippen molar-refractivity contribution < 1.29 is 9.90 Å². The lowest BCUT2D eigenvalue weighted by Crippen LogP contribution is -2.55. The minimum absolute atomic E-state index is 0.0192. The van der Waals surface area contributed by atoms with Crippen molar-refractivity contribution in [1.29, 1.82) is 0 Å². The number of nitrogens with one attached hydrogen (secondary N) is 1. The Kier molecular flexibility index (Phi) is 4.25. The molecule has 2 atom stereocenters. The molecule has 1 aliphatic carbocycles. The third-order valence-electron chi connectivity index (χ3n) is 4.05. The van der Waals surface area contributed by atoms with Gasteiger partial charge in [-0.15, -0.1) is 0 Å². The molecule has 1 saturated carbocycles. The van der Waals surface area contributed by atoms with E-state index >= 15 is 0 Å². The van der Waals surface area contributed by atoms with Crippen LogP contribution in [0.4, 0.5) is 0 Å². The third-order valence-corrected chi connectivity index (χ3v) is 4.05. The van der Waals surface area contributed by atoms with Gasteiger partial charge >= 0.3 is 5.97 Å². The van der Waals surface area contributed by atoms with Crippen LogP contribution in [0, 0.1) is 5.92 Å². The van der Waals surface area contributed by atoms with Crippen molar-refractivity contribution in [1.82, 2.24) is 5.32 Å². The van der Waals surface area contributed by atoms with Gasteiger partial charge in [-0.3, -0.25) is 4.79 Å². The van der Waals surface area contributed by atoms with Crippen LogP contribution < -0.4 is 5.32 Å². The largest absolute Gasteiger partial charge is 0.481 e. The number of aryl methyl sites for hydroxylation is 1. The molecule has 2 unspecified atom stereocenters. The average molecular weight is 261 g/mol. The first kappa shape index (κ1) is 14.1. The topological polar surface area (TPSA) is 49.3 Å². The molecule has 0 heterocycles. The molecule has 1 aliphatic rings. The van der Waals surface area contributed by atoms with Crippen molar-refractivity contribution in [2.45, 2.75) is 51.1 Å². The number of benzene rings is 1. The lowest BCUT2D eigenvalue weighted by Gasteiger charge is -2.40. The van der Waals surface area contributed by atoms with E-state index in [0.29, 0.717) is 0 Å². The molecule has 0 saturated heterocycles. The lowest BCUT2D eigenvalue weighted by atomic mass is 9.78. The summed E-state index contributed by atoms with van der Waals surface area (Å²) in [7, 11) is 0. The highest BCUT2D eigenvalue weighted by molar-refractivity contribution is 5.72. The van der Waals surface area contributed by atoms with Crippen LogP contribution in [-0.4, -0.2) is 22.7 Å². The Balaban J connectivity index is 1.83. The van der Waals surface area contributed by atoms with Crippen LogP contribution in [-0.2, 0) is 11.2 Å². The molecule has 2 N–H and O–H groups in total. The summed E-state index contributed by atoms with van der Waals surface area (Å²) in [5.74, 6) is -0.862. The summed E-state index contributed by atoms with van der Waals surface area (Å²) in [4.78, 5) is 11.0. The quantitative estimate of drug-likeness (QED) is 0.828. The number of hydrogen-bond acceptors (Lipinski definition) is 2. The van der Waals surface area contributed by atoms with Gasteiger partial charge in [-0.25, -0.2) is 0 Å². The summed E-state index contributed by atoms with van der Waals surface area (Å²) in [5.41, 5.74) is 1.31. The van der Waals surface area contributed by atoms with E-state index in [2.05, 4.69) is 43.4 Å². The first-order valence-electron chi connectivity index (χ1n) is 7.02. The maximum atomic E-state index is 11.0. The number of carboxylic acid groups (broad SMARTS) is 1. The van der Waals surface area contributed by atoms with Gasteiger partial charge in [0.05, 0.1) is 5.92 Å². The molecule has 0 amide bonds. The monoisotopic (exact) mass is 261 g/mol. The van der Waals surface area contributed by atoms with Crippen LogP contribution in [0.25, 0.3) is 0 Å². The molecule has 0 radical (unpaired) electrons. The summed E-state index contributed by atoms with van der Waals surface area (Å²) >= 11 is 0. The van der Waals surface area contributed by atoms with Crippen LogP contribution in [0.5, 0.6) is 0 Å². The van der Waals surface area contributed by atoms with E-state index in [1.165, 1.54) is 5.56 Å². The maximum Gasteiger partial charge on any atom is 0.308 e. The van der Waals surface area contributed by atoms with Crippen LogP contribution in [0.2, 0.25) is 0 Å². The number of aliphatic carboxylic acids is 1. The number of carboxylic acids is 1. The molecule has 2 rings (SSSR count). The summed E-state index contributed by atoms with van der Waals surface area (Å²) < 4.78 is 0. The zero-order valence-electron chi connectivity index (χ0n) is 11.7. The number of carbonyl (C=O) groups is 1. The van der Waals surface area contributed by atoms with Gasteiger partial charge in [-0.05, 0) is 45.1 Å². The fraction of sp³-hybridized carbons (Fsp3) is 0.562. The predicted octanol–water partition coefficient (Wildman–Crippen LogP) is 2.85. The Labute approximate surface area is 115 Å². The van der Waals surface area contributed by atoms with Crippen LogP contribution in [0.1, 0.15) is 38.7 Å². The van der Waals surface area contributed by atoms with Gasteiger partial charge in [0.2, 0.25) is 0 Å². The molecule has 3 nitrogen and oxygen atoms in total. The second-order valence-corrected chi connectivity index (χ2v) is 6.14. The molecular weight excluding hydrogens is 238 g/mol. The second-order valence-electron chi connectivity index (χ2n) is 6.14. The van der Waals surface area contributed by atoms with Gasteiger partial charge in [-0.2, -0.15) is 0 Å². The summed E-state index contributed by atoms with van der Waals surface area (Å²) in [6, 6.07) is 10.6. The fourth-order valence-electron chi connectivity index (χ4n) is 2.64. The Morgan fingerprint density at radius 3 is 2.53 bits per heavy atom. The summed E-state index contributed by atoms with van der Waals surface area (Å²) in [5, 5.41) is 12.6. The first-order valence-corrected chi connectivity index (χ1v) is 7.02.